The van der Waals surface area contributed by atoms with E-state index in [1.165, 1.54) is 12.8 Å². The van der Waals surface area contributed by atoms with E-state index in [1.54, 1.807) is 0 Å². The first kappa shape index (κ1) is 10.7. The molecule has 0 aliphatic heterocycles. The molecule has 0 aliphatic carbocycles. The minimum atomic E-state index is 0.759. The van der Waals surface area contributed by atoms with Crippen molar-refractivity contribution in [2.75, 3.05) is 13.1 Å². The smallest absolute Gasteiger partial charge is 0.0135 e. The third kappa shape index (κ3) is 9.70. The van der Waals surface area contributed by atoms with Crippen molar-refractivity contribution in [3.8, 4) is 0 Å². The van der Waals surface area contributed by atoms with Gasteiger partial charge < -0.3 is 5.32 Å². The summed E-state index contributed by atoms with van der Waals surface area (Å²) in [6.07, 6.45) is 6.92. The van der Waals surface area contributed by atoms with Gasteiger partial charge in [-0.25, -0.2) is 0 Å². The standard InChI is InChI=1S/C10H21N/c1-4-5-6-7-8-11-9-10(2)3/h6-7,10-11H,4-5,8-9H2,1-3H3/b7-6+. The first-order valence-corrected chi connectivity index (χ1v) is 4.63. The molecule has 0 heterocycles. The van der Waals surface area contributed by atoms with Gasteiger partial charge >= 0.3 is 0 Å². The summed E-state index contributed by atoms with van der Waals surface area (Å²) >= 11 is 0. The van der Waals surface area contributed by atoms with Crippen molar-refractivity contribution in [1.82, 2.24) is 5.32 Å². The molecule has 0 saturated heterocycles. The van der Waals surface area contributed by atoms with E-state index in [1.807, 2.05) is 0 Å². The third-order valence-electron chi connectivity index (χ3n) is 1.44. The topological polar surface area (TPSA) is 12.0 Å². The lowest BCUT2D eigenvalue weighted by Gasteiger charge is -2.03. The predicted molar refractivity (Wildman–Crippen MR) is 51.8 cm³/mol. The van der Waals surface area contributed by atoms with E-state index in [0.717, 1.165) is 19.0 Å². The number of nitrogens with one attached hydrogen (secondary N) is 1. The maximum Gasteiger partial charge on any atom is 0.0135 e. The Kier molecular flexibility index (Phi) is 7.59. The van der Waals surface area contributed by atoms with E-state index in [9.17, 15) is 0 Å². The van der Waals surface area contributed by atoms with Gasteiger partial charge in [0.2, 0.25) is 0 Å². The largest absolute Gasteiger partial charge is 0.313 e. The predicted octanol–water partition coefficient (Wildman–Crippen LogP) is 2.59. The molecule has 0 atom stereocenters. The molecule has 0 radical (unpaired) electrons. The van der Waals surface area contributed by atoms with Crippen molar-refractivity contribution < 1.29 is 0 Å². The molecule has 1 heteroatoms. The van der Waals surface area contributed by atoms with Gasteiger partial charge in [0.05, 0.1) is 0 Å². The van der Waals surface area contributed by atoms with Gasteiger partial charge in [0, 0.05) is 6.54 Å². The number of hydrogen-bond acceptors (Lipinski definition) is 1. The second-order valence-corrected chi connectivity index (χ2v) is 3.31. The molecule has 0 aromatic heterocycles. The molecule has 0 bridgehead atoms. The maximum absolute atomic E-state index is 3.36. The molecule has 11 heavy (non-hydrogen) atoms. The van der Waals surface area contributed by atoms with E-state index >= 15 is 0 Å². The Bertz CT molecular complexity index is 95.0. The Labute approximate surface area is 70.9 Å². The first-order valence-electron chi connectivity index (χ1n) is 4.63. The van der Waals surface area contributed by atoms with Crippen LogP contribution >= 0.6 is 0 Å². The molecule has 0 saturated carbocycles. The lowest BCUT2D eigenvalue weighted by atomic mass is 10.2. The average Bonchev–Trinajstić information content (AvgIpc) is 1.96. The monoisotopic (exact) mass is 155 g/mol. The Morgan fingerprint density at radius 1 is 1.27 bits per heavy atom. The number of allylic oxidation sites excluding steroid dienone is 1. The quantitative estimate of drug-likeness (QED) is 0.459. The molecule has 66 valence electrons. The second-order valence-electron chi connectivity index (χ2n) is 3.31. The van der Waals surface area contributed by atoms with E-state index < -0.39 is 0 Å². The van der Waals surface area contributed by atoms with E-state index in [4.69, 9.17) is 0 Å². The number of rotatable bonds is 6. The van der Waals surface area contributed by atoms with E-state index in [0.29, 0.717) is 0 Å². The van der Waals surface area contributed by atoms with Crippen LogP contribution in [0.25, 0.3) is 0 Å². The van der Waals surface area contributed by atoms with Crippen molar-refractivity contribution >= 4 is 0 Å². The third-order valence-corrected chi connectivity index (χ3v) is 1.44. The summed E-state index contributed by atoms with van der Waals surface area (Å²) in [5.74, 6) is 0.759. The van der Waals surface area contributed by atoms with Crippen LogP contribution in [0.3, 0.4) is 0 Å². The van der Waals surface area contributed by atoms with E-state index in [-0.39, 0.29) is 0 Å². The fourth-order valence-electron chi connectivity index (χ4n) is 0.823. The number of hydrogen-bond donors (Lipinski definition) is 1. The van der Waals surface area contributed by atoms with Gasteiger partial charge in [-0.2, -0.15) is 0 Å². The Morgan fingerprint density at radius 2 is 2.00 bits per heavy atom. The van der Waals surface area contributed by atoms with Crippen LogP contribution in [0.1, 0.15) is 33.6 Å². The summed E-state index contributed by atoms with van der Waals surface area (Å²) in [5.41, 5.74) is 0. The first-order chi connectivity index (χ1) is 5.27. The minimum absolute atomic E-state index is 0.759. The summed E-state index contributed by atoms with van der Waals surface area (Å²) in [5, 5.41) is 3.36. The van der Waals surface area contributed by atoms with Crippen LogP contribution in [0.4, 0.5) is 0 Å². The SMILES string of the molecule is CCC/C=C/CNCC(C)C. The highest BCUT2D eigenvalue weighted by Gasteiger charge is 1.88. The van der Waals surface area contributed by atoms with Gasteiger partial charge in [-0.3, -0.25) is 0 Å². The molecule has 0 spiro atoms. The summed E-state index contributed by atoms with van der Waals surface area (Å²) in [6.45, 7) is 8.80. The second kappa shape index (κ2) is 7.80. The van der Waals surface area contributed by atoms with Crippen LogP contribution in [0.2, 0.25) is 0 Å². The highest BCUT2D eigenvalue weighted by atomic mass is 14.8. The Hall–Kier alpha value is -0.300. The van der Waals surface area contributed by atoms with Crippen molar-refractivity contribution in [3.05, 3.63) is 12.2 Å². The molecule has 0 aliphatic rings. The zero-order valence-corrected chi connectivity index (χ0v) is 8.06. The highest BCUT2D eigenvalue weighted by molar-refractivity contribution is 4.83. The van der Waals surface area contributed by atoms with Crippen molar-refractivity contribution in [2.45, 2.75) is 33.6 Å². The average molecular weight is 155 g/mol. The van der Waals surface area contributed by atoms with Crippen molar-refractivity contribution in [3.63, 3.8) is 0 Å². The van der Waals surface area contributed by atoms with Gasteiger partial charge in [-0.05, 0) is 18.9 Å². The molecule has 1 N–H and O–H groups in total. The molecule has 0 aromatic rings. The Morgan fingerprint density at radius 3 is 2.55 bits per heavy atom. The Balaban J connectivity index is 3.01. The summed E-state index contributed by atoms with van der Waals surface area (Å²) in [4.78, 5) is 0. The van der Waals surface area contributed by atoms with Gasteiger partial charge in [0.15, 0.2) is 0 Å². The summed E-state index contributed by atoms with van der Waals surface area (Å²) in [7, 11) is 0. The van der Waals surface area contributed by atoms with Gasteiger partial charge in [0.1, 0.15) is 0 Å². The van der Waals surface area contributed by atoms with Crippen LogP contribution in [-0.4, -0.2) is 13.1 Å². The van der Waals surface area contributed by atoms with Crippen LogP contribution in [-0.2, 0) is 0 Å². The molecular weight excluding hydrogens is 134 g/mol. The van der Waals surface area contributed by atoms with Gasteiger partial charge in [-0.1, -0.05) is 39.3 Å². The molecule has 0 fully saturated rings. The molecule has 0 rings (SSSR count). The van der Waals surface area contributed by atoms with Gasteiger partial charge in [-0.15, -0.1) is 0 Å². The fraction of sp³-hybridized carbons (Fsp3) is 0.800. The lowest BCUT2D eigenvalue weighted by Crippen LogP contribution is -2.19. The van der Waals surface area contributed by atoms with Crippen LogP contribution in [0, 0.1) is 5.92 Å². The molecule has 1 nitrogen and oxygen atoms in total. The zero-order valence-electron chi connectivity index (χ0n) is 8.06. The number of unbranched alkanes of at least 4 members (excludes halogenated alkanes) is 1. The van der Waals surface area contributed by atoms with E-state index in [2.05, 4.69) is 38.2 Å². The fourth-order valence-corrected chi connectivity index (χ4v) is 0.823. The summed E-state index contributed by atoms with van der Waals surface area (Å²) < 4.78 is 0. The van der Waals surface area contributed by atoms with Crippen LogP contribution in [0.15, 0.2) is 12.2 Å². The minimum Gasteiger partial charge on any atom is -0.313 e. The van der Waals surface area contributed by atoms with Crippen molar-refractivity contribution in [1.29, 1.82) is 0 Å². The lowest BCUT2D eigenvalue weighted by molar-refractivity contribution is 0.576. The maximum atomic E-state index is 3.36. The van der Waals surface area contributed by atoms with Crippen LogP contribution in [0.5, 0.6) is 0 Å². The highest BCUT2D eigenvalue weighted by Crippen LogP contribution is 1.88. The van der Waals surface area contributed by atoms with Crippen molar-refractivity contribution in [2.24, 2.45) is 5.92 Å². The molecule has 0 unspecified atom stereocenters. The van der Waals surface area contributed by atoms with Crippen LogP contribution < -0.4 is 5.32 Å². The molecule has 0 aromatic carbocycles. The molecular formula is C10H21N. The van der Waals surface area contributed by atoms with Gasteiger partial charge in [0.25, 0.3) is 0 Å². The normalized spacial score (nSPS) is 11.6. The summed E-state index contributed by atoms with van der Waals surface area (Å²) in [6, 6.07) is 0. The molecule has 0 amide bonds. The zero-order chi connectivity index (χ0) is 8.53.